The van der Waals surface area contributed by atoms with Crippen LogP contribution in [0.1, 0.15) is 30.6 Å². The van der Waals surface area contributed by atoms with Gasteiger partial charge < -0.3 is 20.1 Å². The topological polar surface area (TPSA) is 64.8 Å². The Morgan fingerprint density at radius 3 is 2.60 bits per heavy atom. The van der Waals surface area contributed by atoms with Crippen molar-refractivity contribution in [2.45, 2.75) is 20.3 Å². The number of rotatable bonds is 8. The van der Waals surface area contributed by atoms with Crippen LogP contribution in [0.2, 0.25) is 0 Å². The van der Waals surface area contributed by atoms with Gasteiger partial charge in [-0.25, -0.2) is 4.79 Å². The van der Waals surface area contributed by atoms with Crippen LogP contribution in [-0.4, -0.2) is 44.2 Å². The minimum absolute atomic E-state index is 0.374. The minimum Gasteiger partial charge on any atom is -0.496 e. The van der Waals surface area contributed by atoms with E-state index in [2.05, 4.69) is 18.7 Å². The number of anilines is 1. The van der Waals surface area contributed by atoms with E-state index in [1.807, 2.05) is 0 Å². The van der Waals surface area contributed by atoms with Crippen molar-refractivity contribution >= 4 is 11.7 Å². The second-order valence-corrected chi connectivity index (χ2v) is 4.48. The van der Waals surface area contributed by atoms with Crippen molar-refractivity contribution in [3.8, 4) is 5.75 Å². The van der Waals surface area contributed by atoms with E-state index in [1.54, 1.807) is 18.2 Å². The number of nitrogen functional groups attached to an aromatic ring is 1. The highest BCUT2D eigenvalue weighted by Crippen LogP contribution is 2.22. The van der Waals surface area contributed by atoms with Crippen molar-refractivity contribution in [2.24, 2.45) is 0 Å². The first kappa shape index (κ1) is 16.3. The summed E-state index contributed by atoms with van der Waals surface area (Å²) in [6.07, 6.45) is 0.824. The molecule has 0 unspecified atom stereocenters. The van der Waals surface area contributed by atoms with Gasteiger partial charge >= 0.3 is 5.97 Å². The molecule has 0 amide bonds. The third-order valence-electron chi connectivity index (χ3n) is 3.19. The monoisotopic (exact) mass is 280 g/mol. The molecular formula is C15H24N2O3. The predicted octanol–water partition coefficient (Wildman–Crippen LogP) is 2.17. The lowest BCUT2D eigenvalue weighted by Gasteiger charge is -2.17. The van der Waals surface area contributed by atoms with Crippen molar-refractivity contribution in [1.29, 1.82) is 0 Å². The summed E-state index contributed by atoms with van der Waals surface area (Å²) in [6.45, 7) is 7.60. The molecule has 0 radical (unpaired) electrons. The number of methoxy groups -OCH3 is 1. The van der Waals surface area contributed by atoms with Gasteiger partial charge in [0.25, 0.3) is 0 Å². The Hall–Kier alpha value is -1.75. The van der Waals surface area contributed by atoms with Gasteiger partial charge in [0.1, 0.15) is 11.3 Å². The predicted molar refractivity (Wildman–Crippen MR) is 80.1 cm³/mol. The van der Waals surface area contributed by atoms with Gasteiger partial charge in [-0.2, -0.15) is 0 Å². The van der Waals surface area contributed by atoms with Gasteiger partial charge in [-0.15, -0.1) is 0 Å². The molecule has 5 heteroatoms. The second kappa shape index (κ2) is 8.43. The van der Waals surface area contributed by atoms with E-state index in [1.165, 1.54) is 7.11 Å². The molecule has 0 fully saturated rings. The zero-order chi connectivity index (χ0) is 15.0. The fourth-order valence-electron chi connectivity index (χ4n) is 1.95. The molecule has 0 aromatic heterocycles. The van der Waals surface area contributed by atoms with Crippen LogP contribution in [0.25, 0.3) is 0 Å². The molecule has 0 spiro atoms. The first-order valence-corrected chi connectivity index (χ1v) is 6.95. The van der Waals surface area contributed by atoms with E-state index < -0.39 is 0 Å². The Morgan fingerprint density at radius 2 is 2.00 bits per heavy atom. The molecule has 0 aliphatic carbocycles. The number of hydrogen-bond acceptors (Lipinski definition) is 5. The summed E-state index contributed by atoms with van der Waals surface area (Å²) in [5, 5.41) is 0. The SMILES string of the molecule is CCN(CC)CCCOC(=O)c1ccc(N)cc1OC. The van der Waals surface area contributed by atoms with Crippen LogP contribution < -0.4 is 10.5 Å². The van der Waals surface area contributed by atoms with Gasteiger partial charge in [0, 0.05) is 18.3 Å². The molecule has 0 aliphatic heterocycles. The number of esters is 1. The normalized spacial score (nSPS) is 10.6. The fraction of sp³-hybridized carbons (Fsp3) is 0.533. The maximum atomic E-state index is 12.0. The molecule has 20 heavy (non-hydrogen) atoms. The van der Waals surface area contributed by atoms with E-state index in [-0.39, 0.29) is 5.97 Å². The van der Waals surface area contributed by atoms with Gasteiger partial charge in [-0.3, -0.25) is 0 Å². The molecule has 1 aromatic carbocycles. The molecule has 5 nitrogen and oxygen atoms in total. The summed E-state index contributed by atoms with van der Waals surface area (Å²) in [6, 6.07) is 4.91. The molecule has 1 rings (SSSR count). The van der Waals surface area contributed by atoms with E-state index >= 15 is 0 Å². The smallest absolute Gasteiger partial charge is 0.341 e. The lowest BCUT2D eigenvalue weighted by atomic mass is 10.2. The molecule has 2 N–H and O–H groups in total. The average Bonchev–Trinajstić information content (AvgIpc) is 2.47. The Bertz CT molecular complexity index is 431. The van der Waals surface area contributed by atoms with Crippen molar-refractivity contribution in [1.82, 2.24) is 4.90 Å². The molecule has 1 aromatic rings. The lowest BCUT2D eigenvalue weighted by Crippen LogP contribution is -2.25. The number of carbonyl (C=O) groups excluding carboxylic acids is 1. The lowest BCUT2D eigenvalue weighted by molar-refractivity contribution is 0.0486. The molecule has 0 heterocycles. The maximum absolute atomic E-state index is 12.0. The number of benzene rings is 1. The summed E-state index contributed by atoms with van der Waals surface area (Å²) in [5.41, 5.74) is 6.61. The zero-order valence-electron chi connectivity index (χ0n) is 12.5. The van der Waals surface area contributed by atoms with Crippen molar-refractivity contribution in [2.75, 3.05) is 39.1 Å². The maximum Gasteiger partial charge on any atom is 0.341 e. The van der Waals surface area contributed by atoms with E-state index in [0.717, 1.165) is 26.1 Å². The summed E-state index contributed by atoms with van der Waals surface area (Å²) < 4.78 is 10.4. The quantitative estimate of drug-likeness (QED) is 0.449. The van der Waals surface area contributed by atoms with Gasteiger partial charge in [-0.1, -0.05) is 13.8 Å². The largest absolute Gasteiger partial charge is 0.496 e. The molecule has 0 aliphatic rings. The molecule has 0 atom stereocenters. The van der Waals surface area contributed by atoms with Crippen LogP contribution >= 0.6 is 0 Å². The zero-order valence-corrected chi connectivity index (χ0v) is 12.5. The van der Waals surface area contributed by atoms with Crippen molar-refractivity contribution in [3.05, 3.63) is 23.8 Å². The van der Waals surface area contributed by atoms with Crippen LogP contribution in [0.5, 0.6) is 5.75 Å². The van der Waals surface area contributed by atoms with Crippen LogP contribution in [0.4, 0.5) is 5.69 Å². The van der Waals surface area contributed by atoms with E-state index in [9.17, 15) is 4.79 Å². The van der Waals surface area contributed by atoms with Crippen LogP contribution in [-0.2, 0) is 4.74 Å². The molecule has 0 bridgehead atoms. The summed E-state index contributed by atoms with van der Waals surface area (Å²) in [7, 11) is 1.51. The standard InChI is InChI=1S/C15H24N2O3/c1-4-17(5-2)9-6-10-20-15(18)13-8-7-12(16)11-14(13)19-3/h7-8,11H,4-6,9-10,16H2,1-3H3. The van der Waals surface area contributed by atoms with E-state index in [4.69, 9.17) is 15.2 Å². The third kappa shape index (κ3) is 4.74. The van der Waals surface area contributed by atoms with Crippen LogP contribution in [0, 0.1) is 0 Å². The highest BCUT2D eigenvalue weighted by molar-refractivity contribution is 5.93. The Balaban J connectivity index is 2.47. The molecule has 112 valence electrons. The summed E-state index contributed by atoms with van der Waals surface area (Å²) in [5.74, 6) is 0.0696. The van der Waals surface area contributed by atoms with Gasteiger partial charge in [0.2, 0.25) is 0 Å². The number of hydrogen-bond donors (Lipinski definition) is 1. The first-order valence-electron chi connectivity index (χ1n) is 6.95. The van der Waals surface area contributed by atoms with Gasteiger partial charge in [-0.05, 0) is 31.6 Å². The molecule has 0 saturated heterocycles. The Morgan fingerprint density at radius 1 is 1.30 bits per heavy atom. The Labute approximate surface area is 120 Å². The molecular weight excluding hydrogens is 256 g/mol. The fourth-order valence-corrected chi connectivity index (χ4v) is 1.95. The van der Waals surface area contributed by atoms with Crippen LogP contribution in [0.3, 0.4) is 0 Å². The number of nitrogens with two attached hydrogens (primary N) is 1. The van der Waals surface area contributed by atoms with Gasteiger partial charge in [0.05, 0.1) is 13.7 Å². The average molecular weight is 280 g/mol. The number of ether oxygens (including phenoxy) is 2. The van der Waals surface area contributed by atoms with Crippen molar-refractivity contribution in [3.63, 3.8) is 0 Å². The third-order valence-corrected chi connectivity index (χ3v) is 3.19. The second-order valence-electron chi connectivity index (χ2n) is 4.48. The Kier molecular flexibility index (Phi) is 6.87. The number of nitrogens with zero attached hydrogens (tertiary/aromatic N) is 1. The number of carbonyl (C=O) groups is 1. The first-order chi connectivity index (χ1) is 9.62. The highest BCUT2D eigenvalue weighted by atomic mass is 16.5. The summed E-state index contributed by atoms with van der Waals surface area (Å²) in [4.78, 5) is 14.3. The minimum atomic E-state index is -0.374. The molecule has 0 saturated carbocycles. The highest BCUT2D eigenvalue weighted by Gasteiger charge is 2.13. The van der Waals surface area contributed by atoms with E-state index in [0.29, 0.717) is 23.6 Å². The van der Waals surface area contributed by atoms with Gasteiger partial charge in [0.15, 0.2) is 0 Å². The van der Waals surface area contributed by atoms with Crippen molar-refractivity contribution < 1.29 is 14.3 Å². The van der Waals surface area contributed by atoms with Crippen LogP contribution in [0.15, 0.2) is 18.2 Å². The summed E-state index contributed by atoms with van der Waals surface area (Å²) >= 11 is 0.